The quantitative estimate of drug-likeness (QED) is 0.804. The van der Waals surface area contributed by atoms with Crippen molar-refractivity contribution in [1.29, 1.82) is 0 Å². The molecule has 1 aliphatic heterocycles. The molecule has 2 aromatic rings. The zero-order valence-electron chi connectivity index (χ0n) is 11.1. The summed E-state index contributed by atoms with van der Waals surface area (Å²) in [6, 6.07) is 18.0. The number of hydrogen-bond donors (Lipinski definition) is 0. The van der Waals surface area contributed by atoms with Crippen molar-refractivity contribution in [3.05, 3.63) is 60.2 Å². The first-order valence-electron chi connectivity index (χ1n) is 6.73. The molecule has 0 saturated carbocycles. The van der Waals surface area contributed by atoms with Crippen molar-refractivity contribution < 1.29 is 9.53 Å². The highest BCUT2D eigenvalue weighted by molar-refractivity contribution is 7.99. The molecule has 1 heterocycles. The van der Waals surface area contributed by atoms with Crippen LogP contribution in [0.4, 0.5) is 0 Å². The molecule has 102 valence electrons. The van der Waals surface area contributed by atoms with Gasteiger partial charge in [0.25, 0.3) is 0 Å². The number of ether oxygens (including phenoxy) is 1. The lowest BCUT2D eigenvalue weighted by atomic mass is 10.0. The van der Waals surface area contributed by atoms with Crippen molar-refractivity contribution in [3.8, 4) is 11.1 Å². The van der Waals surface area contributed by atoms with Crippen LogP contribution < -0.4 is 0 Å². The smallest absolute Gasteiger partial charge is 0.192 e. The number of carbonyl (C=O) groups excluding carboxylic acids is 1. The molecule has 0 spiro atoms. The van der Waals surface area contributed by atoms with Gasteiger partial charge in [-0.05, 0) is 11.1 Å². The Morgan fingerprint density at radius 2 is 1.70 bits per heavy atom. The predicted molar refractivity (Wildman–Crippen MR) is 83.3 cm³/mol. The molecular weight excluding hydrogens is 268 g/mol. The Balaban J connectivity index is 1.77. The highest BCUT2D eigenvalue weighted by Crippen LogP contribution is 2.21. The maximum Gasteiger partial charge on any atom is 0.192 e. The average Bonchev–Trinajstić information content (AvgIpc) is 2.56. The fourth-order valence-corrected chi connectivity index (χ4v) is 3.13. The number of ketones is 1. The highest BCUT2D eigenvalue weighted by atomic mass is 32.2. The summed E-state index contributed by atoms with van der Waals surface area (Å²) in [4.78, 5) is 12.3. The fraction of sp³-hybridized carbons (Fsp3) is 0.235. The van der Waals surface area contributed by atoms with E-state index in [1.54, 1.807) is 11.8 Å². The van der Waals surface area contributed by atoms with Gasteiger partial charge in [-0.3, -0.25) is 4.79 Å². The summed E-state index contributed by atoms with van der Waals surface area (Å²) in [6.07, 6.45) is -0.281. The molecule has 1 atom stereocenters. The van der Waals surface area contributed by atoms with Gasteiger partial charge in [-0.25, -0.2) is 0 Å². The molecule has 1 aliphatic rings. The van der Waals surface area contributed by atoms with Crippen LogP contribution in [0.2, 0.25) is 0 Å². The van der Waals surface area contributed by atoms with Gasteiger partial charge in [-0.2, -0.15) is 11.8 Å². The third-order valence-electron chi connectivity index (χ3n) is 3.38. The van der Waals surface area contributed by atoms with Crippen molar-refractivity contribution in [2.24, 2.45) is 0 Å². The van der Waals surface area contributed by atoms with Crippen LogP contribution in [0.5, 0.6) is 0 Å². The largest absolute Gasteiger partial charge is 0.368 e. The Morgan fingerprint density at radius 1 is 1.00 bits per heavy atom. The van der Waals surface area contributed by atoms with Crippen LogP contribution in [0.15, 0.2) is 54.6 Å². The van der Waals surface area contributed by atoms with Gasteiger partial charge in [0.15, 0.2) is 5.78 Å². The molecule has 1 saturated heterocycles. The number of rotatable bonds is 3. The summed E-state index contributed by atoms with van der Waals surface area (Å²) in [6.45, 7) is 0.670. The van der Waals surface area contributed by atoms with Gasteiger partial charge in [-0.1, -0.05) is 54.6 Å². The lowest BCUT2D eigenvalue weighted by Crippen LogP contribution is -2.31. The van der Waals surface area contributed by atoms with Crippen LogP contribution in [-0.2, 0) is 4.74 Å². The second-order valence-corrected chi connectivity index (χ2v) is 5.89. The Morgan fingerprint density at radius 3 is 2.35 bits per heavy atom. The van der Waals surface area contributed by atoms with Crippen LogP contribution in [-0.4, -0.2) is 30.0 Å². The third-order valence-corrected chi connectivity index (χ3v) is 4.38. The Labute approximate surface area is 123 Å². The molecule has 1 fully saturated rings. The number of benzene rings is 2. The normalized spacial score (nSPS) is 18.7. The molecule has 2 nitrogen and oxygen atoms in total. The van der Waals surface area contributed by atoms with Crippen molar-refractivity contribution >= 4 is 17.5 Å². The topological polar surface area (TPSA) is 26.3 Å². The fourth-order valence-electron chi connectivity index (χ4n) is 2.28. The minimum absolute atomic E-state index is 0.0943. The van der Waals surface area contributed by atoms with Gasteiger partial charge in [0.2, 0.25) is 0 Å². The number of Topliss-reactive ketones (excluding diaryl/α,β-unsaturated/α-hetero) is 1. The van der Waals surface area contributed by atoms with Gasteiger partial charge in [-0.15, -0.1) is 0 Å². The molecule has 0 aliphatic carbocycles. The summed E-state index contributed by atoms with van der Waals surface area (Å²) in [5, 5.41) is 0. The molecular formula is C17H16O2S. The van der Waals surface area contributed by atoms with E-state index in [1.807, 2.05) is 42.5 Å². The summed E-state index contributed by atoms with van der Waals surface area (Å²) < 4.78 is 5.54. The standard InChI is InChI=1S/C17H16O2S/c18-17(16-12-20-11-10-19-16)15-8-6-14(7-9-15)13-4-2-1-3-5-13/h1-9,16H,10-12H2. The van der Waals surface area contributed by atoms with Crippen LogP contribution in [0.3, 0.4) is 0 Å². The second kappa shape index (κ2) is 6.25. The SMILES string of the molecule is O=C(c1ccc(-c2ccccc2)cc1)C1CSCCO1. The van der Waals surface area contributed by atoms with Crippen LogP contribution in [0.25, 0.3) is 11.1 Å². The van der Waals surface area contributed by atoms with E-state index < -0.39 is 0 Å². The maximum atomic E-state index is 12.3. The first kappa shape index (κ1) is 13.4. The third kappa shape index (κ3) is 2.94. The lowest BCUT2D eigenvalue weighted by Gasteiger charge is -2.21. The van der Waals surface area contributed by atoms with Gasteiger partial charge in [0.05, 0.1) is 6.61 Å². The van der Waals surface area contributed by atoms with Crippen molar-refractivity contribution in [2.45, 2.75) is 6.10 Å². The Bertz CT molecular complexity index is 572. The Kier molecular flexibility index (Phi) is 4.19. The number of thioether (sulfide) groups is 1. The van der Waals surface area contributed by atoms with E-state index >= 15 is 0 Å². The lowest BCUT2D eigenvalue weighted by molar-refractivity contribution is 0.0519. The minimum atomic E-state index is -0.281. The molecule has 3 heteroatoms. The van der Waals surface area contributed by atoms with Crippen molar-refractivity contribution in [2.75, 3.05) is 18.1 Å². The molecule has 0 radical (unpaired) electrons. The first-order chi connectivity index (χ1) is 9.84. The summed E-state index contributed by atoms with van der Waals surface area (Å²) >= 11 is 1.78. The van der Waals surface area contributed by atoms with Gasteiger partial charge in [0, 0.05) is 17.1 Å². The van der Waals surface area contributed by atoms with Crippen LogP contribution in [0.1, 0.15) is 10.4 Å². The van der Waals surface area contributed by atoms with E-state index in [1.165, 1.54) is 0 Å². The summed E-state index contributed by atoms with van der Waals surface area (Å²) in [5.41, 5.74) is 3.02. The van der Waals surface area contributed by atoms with E-state index in [0.717, 1.165) is 28.2 Å². The molecule has 1 unspecified atom stereocenters. The number of hydrogen-bond acceptors (Lipinski definition) is 3. The first-order valence-corrected chi connectivity index (χ1v) is 7.89. The zero-order chi connectivity index (χ0) is 13.8. The van der Waals surface area contributed by atoms with Crippen LogP contribution >= 0.6 is 11.8 Å². The van der Waals surface area contributed by atoms with Gasteiger partial charge in [0.1, 0.15) is 6.10 Å². The monoisotopic (exact) mass is 284 g/mol. The zero-order valence-corrected chi connectivity index (χ0v) is 11.9. The number of carbonyl (C=O) groups is 1. The Hall–Kier alpha value is -1.58. The summed E-state index contributed by atoms with van der Waals surface area (Å²) in [7, 11) is 0. The molecule has 2 aromatic carbocycles. The second-order valence-electron chi connectivity index (χ2n) is 4.74. The van der Waals surface area contributed by atoms with E-state index in [2.05, 4.69) is 12.1 Å². The van der Waals surface area contributed by atoms with E-state index in [-0.39, 0.29) is 11.9 Å². The molecule has 3 rings (SSSR count). The molecule has 0 amide bonds. The highest BCUT2D eigenvalue weighted by Gasteiger charge is 2.23. The van der Waals surface area contributed by atoms with Crippen LogP contribution in [0, 0.1) is 0 Å². The predicted octanol–water partition coefficient (Wildman–Crippen LogP) is 3.67. The van der Waals surface area contributed by atoms with Gasteiger partial charge < -0.3 is 4.74 Å². The minimum Gasteiger partial charge on any atom is -0.368 e. The van der Waals surface area contributed by atoms with Crippen molar-refractivity contribution in [3.63, 3.8) is 0 Å². The maximum absolute atomic E-state index is 12.3. The van der Waals surface area contributed by atoms with E-state index in [0.29, 0.717) is 6.61 Å². The molecule has 0 aromatic heterocycles. The van der Waals surface area contributed by atoms with Crippen molar-refractivity contribution in [1.82, 2.24) is 0 Å². The van der Waals surface area contributed by atoms with E-state index in [9.17, 15) is 4.79 Å². The molecule has 0 bridgehead atoms. The molecule has 0 N–H and O–H groups in total. The average molecular weight is 284 g/mol. The van der Waals surface area contributed by atoms with E-state index in [4.69, 9.17) is 4.74 Å². The summed E-state index contributed by atoms with van der Waals surface area (Å²) in [5.74, 6) is 1.84. The van der Waals surface area contributed by atoms with Gasteiger partial charge >= 0.3 is 0 Å². The molecule has 20 heavy (non-hydrogen) atoms.